The summed E-state index contributed by atoms with van der Waals surface area (Å²) in [5, 5.41) is 9.59. The van der Waals surface area contributed by atoms with Gasteiger partial charge < -0.3 is 10.1 Å². The van der Waals surface area contributed by atoms with E-state index in [0.29, 0.717) is 13.0 Å². The summed E-state index contributed by atoms with van der Waals surface area (Å²) >= 11 is 0. The summed E-state index contributed by atoms with van der Waals surface area (Å²) in [5.74, 6) is 6.20. The lowest BCUT2D eigenvalue weighted by Gasteiger charge is -2.19. The lowest BCUT2D eigenvalue weighted by Crippen LogP contribution is -2.32. The molecule has 0 saturated heterocycles. The molecule has 0 aliphatic carbocycles. The number of hydrogen-bond donors (Lipinski definition) is 2. The summed E-state index contributed by atoms with van der Waals surface area (Å²) in [6, 6.07) is 9.78. The van der Waals surface area contributed by atoms with E-state index in [0.717, 1.165) is 16.8 Å². The van der Waals surface area contributed by atoms with Crippen LogP contribution in [0.5, 0.6) is 0 Å². The predicted octanol–water partition coefficient (Wildman–Crippen LogP) is 3.34. The van der Waals surface area contributed by atoms with Crippen molar-refractivity contribution in [3.05, 3.63) is 42.1 Å². The van der Waals surface area contributed by atoms with Crippen LogP contribution < -0.4 is 5.32 Å². The quantitative estimate of drug-likeness (QED) is 0.675. The van der Waals surface area contributed by atoms with Gasteiger partial charge in [0.1, 0.15) is 5.60 Å². The normalized spacial score (nSPS) is 10.6. The van der Waals surface area contributed by atoms with Gasteiger partial charge in [0.05, 0.1) is 5.69 Å². The van der Waals surface area contributed by atoms with Crippen LogP contribution in [0, 0.1) is 11.8 Å². The first-order valence-electron chi connectivity index (χ1n) is 7.50. The molecular weight excluding hydrogens is 290 g/mol. The van der Waals surface area contributed by atoms with E-state index in [4.69, 9.17) is 4.74 Å². The van der Waals surface area contributed by atoms with Crippen LogP contribution in [0.25, 0.3) is 11.3 Å². The molecule has 2 N–H and O–H groups in total. The molecular formula is C18H21N3O2. The lowest BCUT2D eigenvalue weighted by molar-refractivity contribution is 0.0529. The molecule has 0 aliphatic rings. The van der Waals surface area contributed by atoms with E-state index in [-0.39, 0.29) is 0 Å². The minimum absolute atomic E-state index is 0.419. The number of alkyl carbamates (subject to hydrolysis) is 1. The van der Waals surface area contributed by atoms with E-state index in [1.54, 1.807) is 6.20 Å². The van der Waals surface area contributed by atoms with E-state index in [9.17, 15) is 4.79 Å². The van der Waals surface area contributed by atoms with Crippen LogP contribution in [0.15, 0.2) is 36.5 Å². The number of amides is 1. The molecule has 0 aliphatic heterocycles. The van der Waals surface area contributed by atoms with Crippen molar-refractivity contribution < 1.29 is 9.53 Å². The molecule has 0 spiro atoms. The van der Waals surface area contributed by atoms with Crippen molar-refractivity contribution in [1.29, 1.82) is 0 Å². The fourth-order valence-electron chi connectivity index (χ4n) is 1.93. The topological polar surface area (TPSA) is 67.0 Å². The maximum atomic E-state index is 11.5. The Bertz CT molecular complexity index is 704. The zero-order valence-corrected chi connectivity index (χ0v) is 13.6. The Morgan fingerprint density at radius 1 is 1.30 bits per heavy atom. The first kappa shape index (κ1) is 16.6. The second kappa shape index (κ2) is 7.50. The van der Waals surface area contributed by atoms with Crippen LogP contribution in [0.4, 0.5) is 4.79 Å². The summed E-state index contributed by atoms with van der Waals surface area (Å²) in [6.07, 6.45) is 1.85. The zero-order valence-electron chi connectivity index (χ0n) is 13.6. The van der Waals surface area contributed by atoms with Gasteiger partial charge in [0.2, 0.25) is 0 Å². The average Bonchev–Trinajstić information content (AvgIpc) is 2.99. The van der Waals surface area contributed by atoms with Gasteiger partial charge in [-0.05, 0) is 32.9 Å². The average molecular weight is 311 g/mol. The predicted molar refractivity (Wildman–Crippen MR) is 89.8 cm³/mol. The fraction of sp³-hybridized carbons (Fsp3) is 0.333. The number of nitrogens with zero attached hydrogens (tertiary/aromatic N) is 1. The molecule has 0 radical (unpaired) electrons. The molecule has 1 heterocycles. The number of ether oxygens (including phenoxy) is 1. The highest BCUT2D eigenvalue weighted by atomic mass is 16.6. The minimum atomic E-state index is -0.487. The van der Waals surface area contributed by atoms with Crippen LogP contribution in [-0.4, -0.2) is 28.4 Å². The van der Waals surface area contributed by atoms with Gasteiger partial charge in [0.25, 0.3) is 0 Å². The molecule has 0 saturated carbocycles. The van der Waals surface area contributed by atoms with Crippen LogP contribution in [0.1, 0.15) is 32.8 Å². The van der Waals surface area contributed by atoms with E-state index >= 15 is 0 Å². The van der Waals surface area contributed by atoms with Crippen molar-refractivity contribution in [2.45, 2.75) is 32.8 Å². The number of benzene rings is 1. The Hall–Kier alpha value is -2.74. The van der Waals surface area contributed by atoms with Crippen molar-refractivity contribution in [3.63, 3.8) is 0 Å². The zero-order chi connectivity index (χ0) is 16.7. The Morgan fingerprint density at radius 3 is 2.78 bits per heavy atom. The van der Waals surface area contributed by atoms with Gasteiger partial charge in [0, 0.05) is 30.3 Å². The number of carbonyl (C=O) groups excluding carboxylic acids is 1. The Morgan fingerprint density at radius 2 is 2.09 bits per heavy atom. The SMILES string of the molecule is CC(C)(C)OC(=O)NCCC#Cc1ccccc1-c1ccn[nH]1. The highest BCUT2D eigenvalue weighted by Crippen LogP contribution is 2.20. The third-order valence-corrected chi connectivity index (χ3v) is 2.86. The van der Waals surface area contributed by atoms with E-state index in [1.807, 2.05) is 51.1 Å². The summed E-state index contributed by atoms with van der Waals surface area (Å²) in [7, 11) is 0. The molecule has 1 aromatic carbocycles. The smallest absolute Gasteiger partial charge is 0.407 e. The number of H-pyrrole nitrogens is 1. The van der Waals surface area contributed by atoms with E-state index < -0.39 is 11.7 Å². The summed E-state index contributed by atoms with van der Waals surface area (Å²) < 4.78 is 5.16. The summed E-state index contributed by atoms with van der Waals surface area (Å²) in [5.41, 5.74) is 2.38. The second-order valence-corrected chi connectivity index (χ2v) is 6.00. The van der Waals surface area contributed by atoms with E-state index in [1.165, 1.54) is 0 Å². The molecule has 5 heteroatoms. The fourth-order valence-corrected chi connectivity index (χ4v) is 1.93. The van der Waals surface area contributed by atoms with Gasteiger partial charge in [-0.2, -0.15) is 5.10 Å². The molecule has 0 fully saturated rings. The maximum Gasteiger partial charge on any atom is 0.407 e. The van der Waals surface area contributed by atoms with Crippen molar-refractivity contribution in [1.82, 2.24) is 15.5 Å². The number of rotatable bonds is 3. The molecule has 1 aromatic heterocycles. The molecule has 1 amide bonds. The largest absolute Gasteiger partial charge is 0.444 e. The summed E-state index contributed by atoms with van der Waals surface area (Å²) in [4.78, 5) is 11.5. The molecule has 0 unspecified atom stereocenters. The van der Waals surface area contributed by atoms with Crippen molar-refractivity contribution in [3.8, 4) is 23.1 Å². The van der Waals surface area contributed by atoms with Crippen LogP contribution >= 0.6 is 0 Å². The van der Waals surface area contributed by atoms with Gasteiger partial charge in [-0.15, -0.1) is 0 Å². The monoisotopic (exact) mass is 311 g/mol. The molecule has 0 atom stereocenters. The Balaban J connectivity index is 1.90. The van der Waals surface area contributed by atoms with Crippen LogP contribution in [0.3, 0.4) is 0 Å². The second-order valence-electron chi connectivity index (χ2n) is 6.00. The van der Waals surface area contributed by atoms with Gasteiger partial charge in [-0.25, -0.2) is 4.79 Å². The molecule has 0 bridgehead atoms. The minimum Gasteiger partial charge on any atom is -0.444 e. The van der Waals surface area contributed by atoms with Crippen molar-refractivity contribution >= 4 is 6.09 Å². The third-order valence-electron chi connectivity index (χ3n) is 2.86. The number of aromatic nitrogens is 2. The highest BCUT2D eigenvalue weighted by Gasteiger charge is 2.15. The first-order chi connectivity index (χ1) is 11.0. The van der Waals surface area contributed by atoms with Crippen molar-refractivity contribution in [2.75, 3.05) is 6.54 Å². The number of hydrogen-bond acceptors (Lipinski definition) is 3. The molecule has 23 heavy (non-hydrogen) atoms. The van der Waals surface area contributed by atoms with Gasteiger partial charge in [-0.1, -0.05) is 30.0 Å². The number of nitrogens with one attached hydrogen (secondary N) is 2. The molecule has 120 valence electrons. The lowest BCUT2D eigenvalue weighted by atomic mass is 10.1. The summed E-state index contributed by atoms with van der Waals surface area (Å²) in [6.45, 7) is 5.95. The number of aromatic amines is 1. The van der Waals surface area contributed by atoms with Crippen molar-refractivity contribution in [2.24, 2.45) is 0 Å². The van der Waals surface area contributed by atoms with Gasteiger partial charge >= 0.3 is 6.09 Å². The Kier molecular flexibility index (Phi) is 5.42. The molecule has 2 rings (SSSR count). The Labute approximate surface area is 136 Å². The number of carbonyl (C=O) groups is 1. The molecule has 5 nitrogen and oxygen atoms in total. The van der Waals surface area contributed by atoms with E-state index in [2.05, 4.69) is 27.4 Å². The van der Waals surface area contributed by atoms with Gasteiger partial charge in [0.15, 0.2) is 0 Å². The highest BCUT2D eigenvalue weighted by molar-refractivity contribution is 5.68. The van der Waals surface area contributed by atoms with Crippen LogP contribution in [0.2, 0.25) is 0 Å². The van der Waals surface area contributed by atoms with Gasteiger partial charge in [-0.3, -0.25) is 5.10 Å². The molecule has 2 aromatic rings. The standard InChI is InChI=1S/C18H21N3O2/c1-18(2,3)23-17(22)19-12-7-6-9-14-8-4-5-10-15(14)16-11-13-20-21-16/h4-5,8,10-11,13H,7,12H2,1-3H3,(H,19,22)(H,20,21). The third kappa shape index (κ3) is 5.51. The maximum absolute atomic E-state index is 11.5. The van der Waals surface area contributed by atoms with Crippen LogP contribution in [-0.2, 0) is 4.74 Å². The first-order valence-corrected chi connectivity index (χ1v) is 7.50.